The van der Waals surface area contributed by atoms with Crippen LogP contribution in [0.15, 0.2) is 0 Å². The Balaban J connectivity index is 1.83. The lowest BCUT2D eigenvalue weighted by atomic mass is 10.3. The van der Waals surface area contributed by atoms with E-state index in [9.17, 15) is 9.59 Å². The molecule has 1 aliphatic rings. The lowest BCUT2D eigenvalue weighted by Gasteiger charge is -2.26. The highest BCUT2D eigenvalue weighted by Gasteiger charge is 2.18. The van der Waals surface area contributed by atoms with Crippen LogP contribution >= 0.6 is 11.5 Å². The first-order valence-corrected chi connectivity index (χ1v) is 7.01. The van der Waals surface area contributed by atoms with Crippen LogP contribution in [0.4, 0.5) is 10.8 Å². The molecule has 1 saturated heterocycles. The summed E-state index contributed by atoms with van der Waals surface area (Å²) in [5, 5.41) is 3.49. The number of nitrogens with zero attached hydrogens (tertiary/aromatic N) is 2. The van der Waals surface area contributed by atoms with E-state index >= 15 is 0 Å². The van der Waals surface area contributed by atoms with Crippen molar-refractivity contribution in [2.45, 2.75) is 6.42 Å². The van der Waals surface area contributed by atoms with Crippen LogP contribution < -0.4 is 16.8 Å². The summed E-state index contributed by atoms with van der Waals surface area (Å²) in [4.78, 5) is 24.9. The van der Waals surface area contributed by atoms with Crippen molar-refractivity contribution in [3.05, 3.63) is 5.56 Å². The van der Waals surface area contributed by atoms with Crippen molar-refractivity contribution in [2.24, 2.45) is 5.73 Å². The highest BCUT2D eigenvalue weighted by Crippen LogP contribution is 2.25. The Hall–Kier alpha value is -1.87. The third kappa shape index (κ3) is 3.36. The predicted octanol–water partition coefficient (Wildman–Crippen LogP) is -0.515. The van der Waals surface area contributed by atoms with E-state index in [0.717, 1.165) is 11.5 Å². The quantitative estimate of drug-likeness (QED) is 0.672. The first-order valence-electron chi connectivity index (χ1n) is 6.24. The second-order valence-corrected chi connectivity index (χ2v) is 5.08. The van der Waals surface area contributed by atoms with E-state index < -0.39 is 5.91 Å². The van der Waals surface area contributed by atoms with Crippen LogP contribution in [0.1, 0.15) is 16.8 Å². The Bertz CT molecular complexity index is 498. The number of carbonyl (C=O) groups is 2. The maximum atomic E-state index is 11.9. The minimum atomic E-state index is -0.627. The molecule has 0 bridgehead atoms. The number of hydrogen-bond acceptors (Lipinski definition) is 7. The van der Waals surface area contributed by atoms with Gasteiger partial charge in [0.2, 0.25) is 5.91 Å². The Morgan fingerprint density at radius 2 is 2.10 bits per heavy atom. The number of hydrogen-bond donors (Lipinski definition) is 3. The molecule has 0 unspecified atom stereocenters. The molecule has 20 heavy (non-hydrogen) atoms. The summed E-state index contributed by atoms with van der Waals surface area (Å²) in [5.74, 6) is -0.457. The SMILES string of the molecule is NC(=O)c1c(N)nsc1NCCC(=O)N1CCOCC1. The van der Waals surface area contributed by atoms with Crippen LogP contribution in [-0.2, 0) is 9.53 Å². The van der Waals surface area contributed by atoms with Gasteiger partial charge in [-0.1, -0.05) is 0 Å². The summed E-state index contributed by atoms with van der Waals surface area (Å²) in [6.07, 6.45) is 0.329. The molecule has 110 valence electrons. The molecule has 1 fully saturated rings. The average Bonchev–Trinajstić information content (AvgIpc) is 2.81. The Kier molecular flexibility index (Phi) is 4.74. The topological polar surface area (TPSA) is 124 Å². The van der Waals surface area contributed by atoms with E-state index in [1.54, 1.807) is 4.90 Å². The molecule has 5 N–H and O–H groups in total. The van der Waals surface area contributed by atoms with E-state index in [0.29, 0.717) is 44.3 Å². The van der Waals surface area contributed by atoms with Gasteiger partial charge in [-0.05, 0) is 11.5 Å². The van der Waals surface area contributed by atoms with Crippen molar-refractivity contribution in [3.8, 4) is 0 Å². The predicted molar refractivity (Wildman–Crippen MR) is 75.6 cm³/mol. The summed E-state index contributed by atoms with van der Waals surface area (Å²) in [6, 6.07) is 0. The number of nitrogens with one attached hydrogen (secondary N) is 1. The number of aromatic nitrogens is 1. The first-order chi connectivity index (χ1) is 9.59. The van der Waals surface area contributed by atoms with Crippen LogP contribution in [-0.4, -0.2) is 53.9 Å². The molecule has 9 heteroatoms. The van der Waals surface area contributed by atoms with Gasteiger partial charge < -0.3 is 26.4 Å². The lowest BCUT2D eigenvalue weighted by molar-refractivity contribution is -0.134. The third-order valence-electron chi connectivity index (χ3n) is 2.95. The molecular weight excluding hydrogens is 282 g/mol. The molecule has 0 saturated carbocycles. The largest absolute Gasteiger partial charge is 0.382 e. The number of nitrogen functional groups attached to an aromatic ring is 1. The first kappa shape index (κ1) is 14.5. The number of rotatable bonds is 5. The zero-order valence-electron chi connectivity index (χ0n) is 10.9. The molecule has 8 nitrogen and oxygen atoms in total. The third-order valence-corrected chi connectivity index (χ3v) is 3.77. The smallest absolute Gasteiger partial charge is 0.255 e. The fourth-order valence-electron chi connectivity index (χ4n) is 1.92. The van der Waals surface area contributed by atoms with Gasteiger partial charge in [0, 0.05) is 26.1 Å². The summed E-state index contributed by atoms with van der Waals surface area (Å²) in [6.45, 7) is 2.81. The standard InChI is InChI=1S/C11H17N5O3S/c12-9-8(10(13)18)11(20-15-9)14-2-1-7(17)16-3-5-19-6-4-16/h14H,1-6H2,(H2,12,15)(H2,13,18). The minimum absolute atomic E-state index is 0.0545. The minimum Gasteiger partial charge on any atom is -0.382 e. The zero-order chi connectivity index (χ0) is 14.5. The Morgan fingerprint density at radius 3 is 2.75 bits per heavy atom. The fraction of sp³-hybridized carbons (Fsp3) is 0.545. The van der Waals surface area contributed by atoms with Crippen LogP contribution in [0.5, 0.6) is 0 Å². The van der Waals surface area contributed by atoms with E-state index in [1.165, 1.54) is 0 Å². The van der Waals surface area contributed by atoms with E-state index in [2.05, 4.69) is 9.69 Å². The van der Waals surface area contributed by atoms with Crippen molar-refractivity contribution in [3.63, 3.8) is 0 Å². The molecule has 2 amide bonds. The number of amides is 2. The van der Waals surface area contributed by atoms with Gasteiger partial charge in [0.05, 0.1) is 13.2 Å². The van der Waals surface area contributed by atoms with Crippen molar-refractivity contribution in [2.75, 3.05) is 43.9 Å². The number of primary amides is 1. The number of carbonyl (C=O) groups excluding carboxylic acids is 2. The van der Waals surface area contributed by atoms with Gasteiger partial charge >= 0.3 is 0 Å². The maximum absolute atomic E-state index is 11.9. The molecule has 1 aliphatic heterocycles. The molecule has 0 aromatic carbocycles. The Morgan fingerprint density at radius 1 is 1.40 bits per heavy atom. The van der Waals surface area contributed by atoms with Crippen molar-refractivity contribution in [1.29, 1.82) is 0 Å². The summed E-state index contributed by atoms with van der Waals surface area (Å²) < 4.78 is 9.06. The highest BCUT2D eigenvalue weighted by molar-refractivity contribution is 7.11. The van der Waals surface area contributed by atoms with Gasteiger partial charge in [0.25, 0.3) is 5.91 Å². The zero-order valence-corrected chi connectivity index (χ0v) is 11.7. The van der Waals surface area contributed by atoms with Crippen molar-refractivity contribution >= 4 is 34.2 Å². The molecule has 1 aromatic rings. The summed E-state index contributed by atoms with van der Waals surface area (Å²) in [5.41, 5.74) is 11.0. The number of ether oxygens (including phenoxy) is 1. The van der Waals surface area contributed by atoms with Crippen LogP contribution in [0.25, 0.3) is 0 Å². The molecule has 0 atom stereocenters. The van der Waals surface area contributed by atoms with Crippen LogP contribution in [0.3, 0.4) is 0 Å². The lowest BCUT2D eigenvalue weighted by Crippen LogP contribution is -2.41. The van der Waals surface area contributed by atoms with E-state index in [-0.39, 0.29) is 17.3 Å². The van der Waals surface area contributed by atoms with Crippen molar-refractivity contribution < 1.29 is 14.3 Å². The Labute approximate surface area is 120 Å². The summed E-state index contributed by atoms with van der Waals surface area (Å²) in [7, 11) is 0. The van der Waals surface area contributed by atoms with Gasteiger partial charge in [-0.3, -0.25) is 9.59 Å². The van der Waals surface area contributed by atoms with E-state index in [1.807, 2.05) is 0 Å². The summed E-state index contributed by atoms with van der Waals surface area (Å²) >= 11 is 1.06. The van der Waals surface area contributed by atoms with Crippen molar-refractivity contribution in [1.82, 2.24) is 9.27 Å². The molecule has 2 heterocycles. The molecule has 0 radical (unpaired) electrons. The fourth-order valence-corrected chi connectivity index (χ4v) is 2.66. The molecule has 0 spiro atoms. The number of morpholine rings is 1. The molecule has 2 rings (SSSR count). The number of nitrogens with two attached hydrogens (primary N) is 2. The number of anilines is 2. The normalized spacial score (nSPS) is 15.1. The molecule has 1 aromatic heterocycles. The van der Waals surface area contributed by atoms with Gasteiger partial charge in [-0.2, -0.15) is 4.37 Å². The van der Waals surface area contributed by atoms with Gasteiger partial charge in [0.1, 0.15) is 10.6 Å². The van der Waals surface area contributed by atoms with Gasteiger partial charge in [-0.25, -0.2) is 0 Å². The van der Waals surface area contributed by atoms with Crippen LogP contribution in [0, 0.1) is 0 Å². The highest BCUT2D eigenvalue weighted by atomic mass is 32.1. The molecule has 0 aliphatic carbocycles. The molecular formula is C11H17N5O3S. The van der Waals surface area contributed by atoms with Gasteiger partial charge in [-0.15, -0.1) is 0 Å². The van der Waals surface area contributed by atoms with Crippen LogP contribution in [0.2, 0.25) is 0 Å². The maximum Gasteiger partial charge on any atom is 0.255 e. The monoisotopic (exact) mass is 299 g/mol. The van der Waals surface area contributed by atoms with Gasteiger partial charge in [0.15, 0.2) is 5.82 Å². The second kappa shape index (κ2) is 6.53. The average molecular weight is 299 g/mol. The second-order valence-electron chi connectivity index (χ2n) is 4.31. The van der Waals surface area contributed by atoms with E-state index in [4.69, 9.17) is 16.2 Å².